The molecular weight excluding hydrogens is 803 g/mol. The van der Waals surface area contributed by atoms with E-state index in [2.05, 4.69) is 11.9 Å². The van der Waals surface area contributed by atoms with Crippen LogP contribution in [0.2, 0.25) is 0 Å². The second kappa shape index (κ2) is 15.7. The first kappa shape index (κ1) is 44.6. The van der Waals surface area contributed by atoms with E-state index in [1.54, 1.807) is 64.1 Å². The van der Waals surface area contributed by atoms with Crippen molar-refractivity contribution < 1.29 is 67.8 Å². The van der Waals surface area contributed by atoms with Crippen LogP contribution in [0.5, 0.6) is 0 Å². The first-order valence-corrected chi connectivity index (χ1v) is 20.6. The highest BCUT2D eigenvalue weighted by Gasteiger charge is 2.78. The number of carbonyl (C=O) groups excluding carboxylic acids is 6. The third-order valence-electron chi connectivity index (χ3n) is 13.7. The number of ketones is 1. The smallest absolute Gasteiger partial charge is 0.338 e. The Morgan fingerprint density at radius 2 is 1.52 bits per heavy atom. The number of benzene rings is 2. The number of rotatable bonds is 3. The summed E-state index contributed by atoms with van der Waals surface area (Å²) in [4.78, 5) is 84.4. The number of aliphatic hydroxyl groups excluding tert-OH is 2. The summed E-state index contributed by atoms with van der Waals surface area (Å²) in [5.74, 6) is -6.96. The first-order chi connectivity index (χ1) is 29.0. The van der Waals surface area contributed by atoms with Crippen LogP contribution in [-0.4, -0.2) is 111 Å². The van der Waals surface area contributed by atoms with Gasteiger partial charge in [-0.2, -0.15) is 0 Å². The molecule has 1 saturated heterocycles. The van der Waals surface area contributed by atoms with E-state index in [0.29, 0.717) is 22.3 Å². The number of amides is 1. The minimum absolute atomic E-state index is 0.00204. The van der Waals surface area contributed by atoms with Crippen molar-refractivity contribution in [2.75, 3.05) is 6.61 Å². The summed E-state index contributed by atoms with van der Waals surface area (Å²) in [6, 6.07) is 11.4. The van der Waals surface area contributed by atoms with Crippen molar-refractivity contribution in [3.8, 4) is 0 Å². The van der Waals surface area contributed by atoms with Gasteiger partial charge in [0.25, 0.3) is 5.91 Å². The van der Waals surface area contributed by atoms with Crippen LogP contribution in [0.25, 0.3) is 5.57 Å². The maximum absolute atomic E-state index is 15.5. The molecule has 3 aliphatic carbocycles. The quantitative estimate of drug-likeness (QED) is 0.197. The van der Waals surface area contributed by atoms with Crippen molar-refractivity contribution in [1.29, 1.82) is 0 Å². The summed E-state index contributed by atoms with van der Waals surface area (Å²) in [7, 11) is 0. The average molecular weight is 856 g/mol. The van der Waals surface area contributed by atoms with Gasteiger partial charge in [-0.1, -0.05) is 56.3 Å². The highest BCUT2D eigenvalue weighted by molar-refractivity contribution is 5.98. The molecule has 0 radical (unpaired) electrons. The number of hydrogen-bond acceptors (Lipinski definition) is 14. The van der Waals surface area contributed by atoms with Gasteiger partial charge >= 0.3 is 23.9 Å². The third-order valence-corrected chi connectivity index (χ3v) is 13.7. The number of Topliss-reactive ketones (excluding diaryl/α,β-unsaturated/α-hetero) is 1. The van der Waals surface area contributed by atoms with E-state index >= 15 is 4.79 Å². The predicted molar refractivity (Wildman–Crippen MR) is 220 cm³/mol. The van der Waals surface area contributed by atoms with Gasteiger partial charge in [0.15, 0.2) is 23.6 Å². The predicted octanol–water partition coefficient (Wildman–Crippen LogP) is 3.70. The first-order valence-electron chi connectivity index (χ1n) is 20.6. The molecule has 2 aliphatic heterocycles. The topological polar surface area (TPSA) is 221 Å². The summed E-state index contributed by atoms with van der Waals surface area (Å²) in [5.41, 5.74) is -5.58. The zero-order valence-corrected chi connectivity index (χ0v) is 36.0. The molecule has 3 fully saturated rings. The van der Waals surface area contributed by atoms with Gasteiger partial charge in [0.05, 0.1) is 35.6 Å². The van der Waals surface area contributed by atoms with E-state index < -0.39 is 113 Å². The molecule has 5 aliphatic rings. The summed E-state index contributed by atoms with van der Waals surface area (Å²) < 4.78 is 30.4. The fourth-order valence-electron chi connectivity index (χ4n) is 10.5. The number of allylic oxidation sites excluding steroid dienone is 1. The van der Waals surface area contributed by atoms with Gasteiger partial charge in [-0.25, -0.2) is 9.59 Å². The van der Waals surface area contributed by atoms with Crippen molar-refractivity contribution >= 4 is 41.1 Å². The summed E-state index contributed by atoms with van der Waals surface area (Å²) in [6.45, 7) is 15.6. The molecule has 0 unspecified atom stereocenters. The van der Waals surface area contributed by atoms with Crippen LogP contribution >= 0.6 is 0 Å². The van der Waals surface area contributed by atoms with Gasteiger partial charge in [-0.3, -0.25) is 19.2 Å². The Hall–Kier alpha value is -5.48. The highest BCUT2D eigenvalue weighted by Crippen LogP contribution is 2.64. The van der Waals surface area contributed by atoms with E-state index in [-0.39, 0.29) is 35.3 Å². The largest absolute Gasteiger partial charge is 0.456 e. The molecule has 2 saturated carbocycles. The van der Waals surface area contributed by atoms with Gasteiger partial charge in [0, 0.05) is 37.7 Å². The lowest BCUT2D eigenvalue weighted by Crippen LogP contribution is -2.82. The fraction of sp³-hybridized carbons (Fsp3) is 0.489. The second-order valence-corrected chi connectivity index (χ2v) is 18.1. The number of ether oxygens (including phenoxy) is 5. The van der Waals surface area contributed by atoms with Crippen LogP contribution in [0.15, 0.2) is 77.9 Å². The van der Waals surface area contributed by atoms with Crippen molar-refractivity contribution in [3.05, 3.63) is 100 Å². The Morgan fingerprint density at radius 3 is 2.10 bits per heavy atom. The Balaban J connectivity index is 1.53. The van der Waals surface area contributed by atoms with E-state index in [0.717, 1.165) is 13.8 Å². The maximum Gasteiger partial charge on any atom is 0.338 e. The van der Waals surface area contributed by atoms with Crippen LogP contribution < -0.4 is 5.32 Å². The number of esters is 4. The normalized spacial score (nSPS) is 35.4. The van der Waals surface area contributed by atoms with Crippen molar-refractivity contribution in [2.45, 2.75) is 122 Å². The van der Waals surface area contributed by atoms with Gasteiger partial charge < -0.3 is 44.3 Å². The fourth-order valence-corrected chi connectivity index (χ4v) is 10.5. The van der Waals surface area contributed by atoms with Crippen molar-refractivity contribution in [2.24, 2.45) is 16.7 Å². The lowest BCUT2D eigenvalue weighted by atomic mass is 9.44. The minimum Gasteiger partial charge on any atom is -0.456 e. The highest BCUT2D eigenvalue weighted by atomic mass is 16.6. The molecule has 11 atom stereocenters. The van der Waals surface area contributed by atoms with E-state index in [9.17, 15) is 39.3 Å². The summed E-state index contributed by atoms with van der Waals surface area (Å²) >= 11 is 0. The zero-order valence-electron chi connectivity index (χ0n) is 36.0. The van der Waals surface area contributed by atoms with Gasteiger partial charge in [-0.05, 0) is 79.8 Å². The number of nitrogens with one attached hydrogen (secondary N) is 1. The molecule has 2 aromatic carbocycles. The van der Waals surface area contributed by atoms with E-state index in [1.807, 2.05) is 0 Å². The van der Waals surface area contributed by atoms with Crippen LogP contribution in [0.3, 0.4) is 0 Å². The van der Waals surface area contributed by atoms with Crippen LogP contribution in [0, 0.1) is 16.7 Å². The van der Waals surface area contributed by atoms with E-state index in [1.165, 1.54) is 32.1 Å². The molecule has 330 valence electrons. The molecule has 15 nitrogen and oxygen atoms in total. The van der Waals surface area contributed by atoms with Crippen molar-refractivity contribution in [1.82, 2.24) is 5.32 Å². The number of fused-ring (bicyclic) bond motifs is 10. The van der Waals surface area contributed by atoms with Gasteiger partial charge in [-0.15, -0.1) is 0 Å². The Morgan fingerprint density at radius 1 is 0.903 bits per heavy atom. The average Bonchev–Trinajstić information content (AvgIpc) is 3.20. The van der Waals surface area contributed by atoms with Crippen molar-refractivity contribution in [3.63, 3.8) is 0 Å². The van der Waals surface area contributed by atoms with Gasteiger partial charge in [0.1, 0.15) is 23.9 Å². The van der Waals surface area contributed by atoms with Crippen LogP contribution in [0.4, 0.5) is 0 Å². The maximum atomic E-state index is 15.5. The number of aliphatic hydroxyl groups is 3. The molecule has 1 amide bonds. The van der Waals surface area contributed by atoms with Crippen LogP contribution in [-0.2, 0) is 42.9 Å². The van der Waals surface area contributed by atoms with Gasteiger partial charge in [0.2, 0.25) is 0 Å². The van der Waals surface area contributed by atoms with E-state index in [4.69, 9.17) is 23.7 Å². The SMILES string of the molecule is C=C1c2cccc(c2)C(=O)N[C@@H](C=C(C)C)[C@H](O)C(=O)O[C@H]2C[C@@]3(O)[C@@H](OC(=O)c4cccc1c4)[C@@H]1[C@]4(OC(C)=O)CO[C@@H]4C[C@H](O)[C@@]1(C)C(=O)[C@@H](OC(C)=O)C(=C2C)C3(C)C. The molecule has 0 spiro atoms. The number of carbonyl (C=O) groups is 6. The second-order valence-electron chi connectivity index (χ2n) is 18.1. The molecule has 0 aromatic heterocycles. The number of hydrogen-bond donors (Lipinski definition) is 4. The molecule has 4 N–H and O–H groups in total. The molecule has 15 heteroatoms. The summed E-state index contributed by atoms with van der Waals surface area (Å²) in [6.07, 6.45) is -9.05. The Bertz CT molecular complexity index is 2340. The molecule has 7 rings (SSSR count). The molecule has 62 heavy (non-hydrogen) atoms. The monoisotopic (exact) mass is 855 g/mol. The molecule has 2 heterocycles. The Labute approximate surface area is 359 Å². The summed E-state index contributed by atoms with van der Waals surface area (Å²) in [5, 5.41) is 40.2. The molecule has 7 bridgehead atoms. The molecular formula is C47H53NO14. The Kier molecular flexibility index (Phi) is 11.3. The van der Waals surface area contributed by atoms with Crippen LogP contribution in [0.1, 0.15) is 100 Å². The third kappa shape index (κ3) is 6.99. The lowest BCUT2D eigenvalue weighted by molar-refractivity contribution is -0.346. The molecule has 2 aromatic rings. The zero-order chi connectivity index (χ0) is 45.4. The standard InChI is InChI=1S/C47H53NO14/c1-22(2)16-31-36(52)43(56)60-32-20-47(57)40(61-42(55)30-15-11-13-28(18-30)23(3)27-12-10-14-29(17-27)41(54)48-31)38-45(9,33(51)19-34-46(38,21-58-34)62-26(6)50)39(53)37(59-25(5)49)35(24(32)4)44(47,7)8/h10-18,31-34,36-38,40,51-52,57H,3,19-21H2,1-2,4-9H3,(H,48,54)/t31-,32-,33-,34+,36-,37-,38-,40-,45+,46-,47+/m0/s1. The lowest BCUT2D eigenvalue weighted by Gasteiger charge is -2.67. The minimum atomic E-state index is -2.40.